The van der Waals surface area contributed by atoms with E-state index in [0.717, 1.165) is 5.69 Å². The van der Waals surface area contributed by atoms with Gasteiger partial charge in [0.1, 0.15) is 5.69 Å². The zero-order chi connectivity index (χ0) is 13.9. The highest BCUT2D eigenvalue weighted by Crippen LogP contribution is 2.23. The summed E-state index contributed by atoms with van der Waals surface area (Å²) in [6.45, 7) is 3.24. The maximum absolute atomic E-state index is 11.2. The van der Waals surface area contributed by atoms with Gasteiger partial charge in [0.05, 0.1) is 17.5 Å². The van der Waals surface area contributed by atoms with Crippen LogP contribution in [0.25, 0.3) is 0 Å². The summed E-state index contributed by atoms with van der Waals surface area (Å²) < 4.78 is 5.27. The molecule has 0 saturated carbocycles. The van der Waals surface area contributed by atoms with Crippen molar-refractivity contribution in [2.24, 2.45) is 0 Å². The van der Waals surface area contributed by atoms with E-state index < -0.39 is 5.60 Å². The van der Waals surface area contributed by atoms with E-state index in [-0.39, 0.29) is 5.78 Å². The molecule has 2 rings (SSSR count). The second kappa shape index (κ2) is 5.67. The molecule has 0 unspecified atom stereocenters. The highest BCUT2D eigenvalue weighted by Gasteiger charge is 2.31. The Morgan fingerprint density at radius 1 is 1.47 bits per heavy atom. The zero-order valence-corrected chi connectivity index (χ0v) is 11.4. The van der Waals surface area contributed by atoms with Crippen LogP contribution in [0.2, 0.25) is 0 Å². The molecule has 0 amide bonds. The number of ketones is 1. The average molecular weight is 264 g/mol. The quantitative estimate of drug-likeness (QED) is 0.830. The fraction of sp³-hybridized carbons (Fsp3) is 0.571. The number of pyridine rings is 1. The van der Waals surface area contributed by atoms with Crippen molar-refractivity contribution in [1.29, 1.82) is 0 Å². The maximum Gasteiger partial charge on any atom is 0.178 e. The number of aromatic nitrogens is 1. The van der Waals surface area contributed by atoms with E-state index >= 15 is 0 Å². The van der Waals surface area contributed by atoms with Crippen molar-refractivity contribution >= 4 is 11.5 Å². The van der Waals surface area contributed by atoms with Crippen LogP contribution in [0, 0.1) is 0 Å². The molecule has 2 heterocycles. The van der Waals surface area contributed by atoms with Gasteiger partial charge in [0.25, 0.3) is 0 Å². The standard InChI is InChI=1S/C14H20N2O3/c1-11(17)13-4-3-12(9-15-13)16(2)10-14(18)5-7-19-8-6-14/h3-4,9,18H,5-8,10H2,1-2H3. The first-order valence-corrected chi connectivity index (χ1v) is 6.48. The summed E-state index contributed by atoms with van der Waals surface area (Å²) in [6, 6.07) is 3.56. The summed E-state index contributed by atoms with van der Waals surface area (Å²) in [5.74, 6) is -0.0442. The number of Topliss-reactive ketones (excluding diaryl/α,β-unsaturated/α-hetero) is 1. The summed E-state index contributed by atoms with van der Waals surface area (Å²) in [5.41, 5.74) is 0.651. The summed E-state index contributed by atoms with van der Waals surface area (Å²) in [7, 11) is 1.91. The number of aliphatic hydroxyl groups is 1. The molecule has 1 saturated heterocycles. The van der Waals surface area contributed by atoms with Crippen LogP contribution in [0.5, 0.6) is 0 Å². The number of nitrogens with zero attached hydrogens (tertiary/aromatic N) is 2. The minimum atomic E-state index is -0.702. The Kier molecular flexibility index (Phi) is 4.17. The minimum absolute atomic E-state index is 0.0442. The Balaban J connectivity index is 2.02. The first kappa shape index (κ1) is 14.0. The van der Waals surface area contributed by atoms with Gasteiger partial charge in [-0.1, -0.05) is 0 Å². The van der Waals surface area contributed by atoms with E-state index in [9.17, 15) is 9.90 Å². The number of carbonyl (C=O) groups excluding carboxylic acids is 1. The van der Waals surface area contributed by atoms with Crippen LogP contribution in [0.15, 0.2) is 18.3 Å². The molecule has 0 radical (unpaired) electrons. The lowest BCUT2D eigenvalue weighted by Crippen LogP contribution is -2.45. The van der Waals surface area contributed by atoms with Crippen LogP contribution >= 0.6 is 0 Å². The van der Waals surface area contributed by atoms with Crippen LogP contribution in [0.3, 0.4) is 0 Å². The molecule has 0 aliphatic carbocycles. The lowest BCUT2D eigenvalue weighted by Gasteiger charge is -2.36. The number of anilines is 1. The topological polar surface area (TPSA) is 62.7 Å². The average Bonchev–Trinajstić information content (AvgIpc) is 2.39. The van der Waals surface area contributed by atoms with Crippen molar-refractivity contribution in [3.63, 3.8) is 0 Å². The number of hydrogen-bond donors (Lipinski definition) is 1. The van der Waals surface area contributed by atoms with Crippen LogP contribution in [0.4, 0.5) is 5.69 Å². The van der Waals surface area contributed by atoms with Crippen LogP contribution < -0.4 is 4.90 Å². The summed E-state index contributed by atoms with van der Waals surface area (Å²) >= 11 is 0. The van der Waals surface area contributed by atoms with Gasteiger partial charge >= 0.3 is 0 Å². The molecule has 0 atom stereocenters. The molecule has 1 aromatic rings. The second-order valence-corrected chi connectivity index (χ2v) is 5.15. The van der Waals surface area contributed by atoms with Gasteiger partial charge < -0.3 is 14.7 Å². The maximum atomic E-state index is 11.2. The third-order valence-electron chi connectivity index (χ3n) is 3.50. The molecule has 1 aliphatic heterocycles. The van der Waals surface area contributed by atoms with Gasteiger partial charge in [-0.25, -0.2) is 0 Å². The Morgan fingerprint density at radius 3 is 2.68 bits per heavy atom. The van der Waals surface area contributed by atoms with Gasteiger partial charge in [-0.2, -0.15) is 0 Å². The minimum Gasteiger partial charge on any atom is -0.388 e. The summed E-state index contributed by atoms with van der Waals surface area (Å²) in [5, 5.41) is 10.4. The zero-order valence-electron chi connectivity index (χ0n) is 11.4. The highest BCUT2D eigenvalue weighted by atomic mass is 16.5. The van der Waals surface area contributed by atoms with Crippen LogP contribution in [0.1, 0.15) is 30.3 Å². The summed E-state index contributed by atoms with van der Waals surface area (Å²) in [4.78, 5) is 17.2. The lowest BCUT2D eigenvalue weighted by atomic mass is 9.94. The van der Waals surface area contributed by atoms with Crippen molar-refractivity contribution in [2.45, 2.75) is 25.4 Å². The second-order valence-electron chi connectivity index (χ2n) is 5.15. The molecular formula is C14H20N2O3. The van der Waals surface area contributed by atoms with Crippen molar-refractivity contribution < 1.29 is 14.6 Å². The molecule has 1 fully saturated rings. The largest absolute Gasteiger partial charge is 0.388 e. The molecule has 104 valence electrons. The molecule has 5 nitrogen and oxygen atoms in total. The van der Waals surface area contributed by atoms with E-state index in [1.165, 1.54) is 6.92 Å². The molecule has 19 heavy (non-hydrogen) atoms. The molecule has 5 heteroatoms. The SMILES string of the molecule is CC(=O)c1ccc(N(C)CC2(O)CCOCC2)cn1. The Bertz CT molecular complexity index is 439. The number of likely N-dealkylation sites (N-methyl/N-ethyl adjacent to an activating group) is 1. The highest BCUT2D eigenvalue weighted by molar-refractivity contribution is 5.92. The van der Waals surface area contributed by atoms with Gasteiger partial charge in [0.2, 0.25) is 0 Å². The van der Waals surface area contributed by atoms with E-state index in [1.54, 1.807) is 12.3 Å². The lowest BCUT2D eigenvalue weighted by molar-refractivity contribution is -0.0572. The van der Waals surface area contributed by atoms with Crippen LogP contribution in [-0.2, 0) is 4.74 Å². The van der Waals surface area contributed by atoms with Crippen molar-refractivity contribution in [2.75, 3.05) is 31.7 Å². The van der Waals surface area contributed by atoms with Crippen molar-refractivity contribution in [1.82, 2.24) is 4.98 Å². The molecule has 0 bridgehead atoms. The first-order chi connectivity index (χ1) is 9.00. The van der Waals surface area contributed by atoms with E-state index in [0.29, 0.717) is 38.3 Å². The number of rotatable bonds is 4. The Labute approximate surface area is 113 Å². The number of hydrogen-bond acceptors (Lipinski definition) is 5. The van der Waals surface area contributed by atoms with Crippen molar-refractivity contribution in [3.8, 4) is 0 Å². The third kappa shape index (κ3) is 3.52. The molecule has 1 N–H and O–H groups in total. The number of carbonyl (C=O) groups is 1. The Morgan fingerprint density at radius 2 is 2.16 bits per heavy atom. The first-order valence-electron chi connectivity index (χ1n) is 6.48. The fourth-order valence-corrected chi connectivity index (χ4v) is 2.26. The molecule has 1 aliphatic rings. The normalized spacial score (nSPS) is 18.1. The molecule has 0 aromatic carbocycles. The fourth-order valence-electron chi connectivity index (χ4n) is 2.26. The smallest absolute Gasteiger partial charge is 0.178 e. The van der Waals surface area contributed by atoms with Gasteiger partial charge in [-0.05, 0) is 12.1 Å². The van der Waals surface area contributed by atoms with Crippen LogP contribution in [-0.4, -0.2) is 48.3 Å². The van der Waals surface area contributed by atoms with E-state index in [2.05, 4.69) is 4.98 Å². The van der Waals surface area contributed by atoms with E-state index in [4.69, 9.17) is 4.74 Å². The molecule has 1 aromatic heterocycles. The molecular weight excluding hydrogens is 244 g/mol. The van der Waals surface area contributed by atoms with Gasteiger partial charge in [-0.15, -0.1) is 0 Å². The number of ether oxygens (including phenoxy) is 1. The predicted octanol–water partition coefficient (Wildman–Crippen LogP) is 1.26. The Hall–Kier alpha value is -1.46. The molecule has 0 spiro atoms. The van der Waals surface area contributed by atoms with Gasteiger partial charge in [-0.3, -0.25) is 9.78 Å². The monoisotopic (exact) mass is 264 g/mol. The van der Waals surface area contributed by atoms with Gasteiger partial charge in [0, 0.05) is 46.6 Å². The summed E-state index contributed by atoms with van der Waals surface area (Å²) in [6.07, 6.45) is 2.96. The van der Waals surface area contributed by atoms with E-state index in [1.807, 2.05) is 18.0 Å². The van der Waals surface area contributed by atoms with Crippen molar-refractivity contribution in [3.05, 3.63) is 24.0 Å². The van der Waals surface area contributed by atoms with Gasteiger partial charge in [0.15, 0.2) is 5.78 Å². The third-order valence-corrected chi connectivity index (χ3v) is 3.50. The predicted molar refractivity (Wildman–Crippen MR) is 72.5 cm³/mol.